The number of fused-ring (bicyclic) bond motifs is 1. The number of hydrogen-bond acceptors (Lipinski definition) is 5. The fourth-order valence-electron chi connectivity index (χ4n) is 2.42. The van der Waals surface area contributed by atoms with Gasteiger partial charge in [-0.15, -0.1) is 0 Å². The lowest BCUT2D eigenvalue weighted by Crippen LogP contribution is -2.28. The second-order valence-corrected chi connectivity index (χ2v) is 5.28. The molecular formula is C17H15N3O4. The Morgan fingerprint density at radius 2 is 1.83 bits per heavy atom. The van der Waals surface area contributed by atoms with Gasteiger partial charge in [-0.25, -0.2) is 5.10 Å². The van der Waals surface area contributed by atoms with Gasteiger partial charge < -0.3 is 15.5 Å². The lowest BCUT2D eigenvalue weighted by atomic mass is 10.1. The Balaban J connectivity index is 1.73. The molecule has 1 aromatic heterocycles. The third-order valence-electron chi connectivity index (χ3n) is 3.65. The van der Waals surface area contributed by atoms with Gasteiger partial charge in [-0.3, -0.25) is 9.59 Å². The molecule has 3 aromatic rings. The topological polar surface area (TPSA) is 115 Å². The molecule has 2 aromatic carbocycles. The average Bonchev–Trinajstić information content (AvgIpc) is 2.58. The normalized spacial score (nSPS) is 10.7. The number of hydrogen-bond donors (Lipinski definition) is 4. The number of phenolic OH excluding ortho intramolecular Hbond substituents is 2. The molecule has 1 amide bonds. The minimum atomic E-state index is -0.398. The number of benzene rings is 2. The number of nitrogens with zero attached hydrogens (tertiary/aromatic N) is 1. The Hall–Kier alpha value is -3.35. The summed E-state index contributed by atoms with van der Waals surface area (Å²) in [5.74, 6) is -0.788. The molecule has 7 nitrogen and oxygen atoms in total. The molecule has 0 aliphatic rings. The smallest absolute Gasteiger partial charge is 0.272 e. The Labute approximate surface area is 136 Å². The van der Waals surface area contributed by atoms with Crippen LogP contribution in [0.2, 0.25) is 0 Å². The highest BCUT2D eigenvalue weighted by Crippen LogP contribution is 2.24. The first-order valence-corrected chi connectivity index (χ1v) is 7.33. The quantitative estimate of drug-likeness (QED) is 0.540. The van der Waals surface area contributed by atoms with E-state index >= 15 is 0 Å². The van der Waals surface area contributed by atoms with Gasteiger partial charge in [0.25, 0.3) is 11.5 Å². The molecule has 4 N–H and O–H groups in total. The van der Waals surface area contributed by atoms with Crippen molar-refractivity contribution in [2.75, 3.05) is 6.54 Å². The van der Waals surface area contributed by atoms with Gasteiger partial charge in [0.2, 0.25) is 0 Å². The van der Waals surface area contributed by atoms with E-state index in [0.29, 0.717) is 23.7 Å². The number of carbonyl (C=O) groups is 1. The van der Waals surface area contributed by atoms with Crippen LogP contribution in [-0.4, -0.2) is 32.9 Å². The van der Waals surface area contributed by atoms with Gasteiger partial charge in [-0.2, -0.15) is 5.10 Å². The van der Waals surface area contributed by atoms with E-state index in [9.17, 15) is 19.8 Å². The predicted molar refractivity (Wildman–Crippen MR) is 88.2 cm³/mol. The number of nitrogens with one attached hydrogen (secondary N) is 2. The number of phenols is 2. The summed E-state index contributed by atoms with van der Waals surface area (Å²) in [4.78, 5) is 24.0. The number of rotatable bonds is 4. The van der Waals surface area contributed by atoms with E-state index in [0.717, 1.165) is 5.56 Å². The van der Waals surface area contributed by atoms with Gasteiger partial charge in [0.05, 0.1) is 5.39 Å². The second kappa shape index (κ2) is 6.41. The lowest BCUT2D eigenvalue weighted by Gasteiger charge is -2.07. The molecule has 3 rings (SSSR count). The zero-order valence-corrected chi connectivity index (χ0v) is 12.6. The van der Waals surface area contributed by atoms with Crippen LogP contribution in [0, 0.1) is 0 Å². The third kappa shape index (κ3) is 3.05. The van der Waals surface area contributed by atoms with Gasteiger partial charge in [0.15, 0.2) is 17.2 Å². The van der Waals surface area contributed by atoms with E-state index < -0.39 is 5.91 Å². The molecule has 0 aliphatic heterocycles. The highest BCUT2D eigenvalue weighted by molar-refractivity contribution is 6.04. The first kappa shape index (κ1) is 15.5. The maximum Gasteiger partial charge on any atom is 0.272 e. The van der Waals surface area contributed by atoms with Crippen molar-refractivity contribution >= 4 is 16.7 Å². The second-order valence-electron chi connectivity index (χ2n) is 5.28. The summed E-state index contributed by atoms with van der Waals surface area (Å²) in [6.45, 7) is 0.318. The summed E-state index contributed by atoms with van der Waals surface area (Å²) in [5, 5.41) is 28.5. The molecule has 0 aliphatic carbocycles. The standard InChI is InChI=1S/C17H15N3O4/c21-13-6-5-10(9-14(13)22)7-8-18-17(24)15-11-3-1-2-4-12(11)16(23)20-19-15/h1-6,9,21-22H,7-8H2,(H,18,24)(H,20,23). The van der Waals surface area contributed by atoms with Gasteiger partial charge in [-0.1, -0.05) is 24.3 Å². The van der Waals surface area contributed by atoms with Gasteiger partial charge >= 0.3 is 0 Å². The largest absolute Gasteiger partial charge is 0.504 e. The molecule has 0 atom stereocenters. The van der Waals surface area contributed by atoms with Crippen molar-refractivity contribution in [3.8, 4) is 11.5 Å². The SMILES string of the molecule is O=C(NCCc1ccc(O)c(O)c1)c1n[nH]c(=O)c2ccccc12. The van der Waals surface area contributed by atoms with E-state index in [4.69, 9.17) is 0 Å². The van der Waals surface area contributed by atoms with E-state index in [-0.39, 0.29) is 22.8 Å². The van der Waals surface area contributed by atoms with E-state index in [1.165, 1.54) is 12.1 Å². The zero-order chi connectivity index (χ0) is 17.1. The van der Waals surface area contributed by atoms with Crippen LogP contribution in [0.1, 0.15) is 16.1 Å². The molecule has 0 unspecified atom stereocenters. The van der Waals surface area contributed by atoms with Crippen molar-refractivity contribution in [2.45, 2.75) is 6.42 Å². The minimum absolute atomic E-state index is 0.152. The molecule has 0 radical (unpaired) electrons. The van der Waals surface area contributed by atoms with Crippen molar-refractivity contribution in [2.24, 2.45) is 0 Å². The Bertz CT molecular complexity index is 965. The molecule has 122 valence electrons. The molecule has 0 saturated heterocycles. The van der Waals surface area contributed by atoms with Crippen molar-refractivity contribution < 1.29 is 15.0 Å². The van der Waals surface area contributed by atoms with Gasteiger partial charge in [0.1, 0.15) is 0 Å². The van der Waals surface area contributed by atoms with E-state index in [1.54, 1.807) is 30.3 Å². The monoisotopic (exact) mass is 325 g/mol. The molecule has 24 heavy (non-hydrogen) atoms. The average molecular weight is 325 g/mol. The molecule has 0 spiro atoms. The third-order valence-corrected chi connectivity index (χ3v) is 3.65. The van der Waals surface area contributed by atoms with Gasteiger partial charge in [0, 0.05) is 11.9 Å². The highest BCUT2D eigenvalue weighted by Gasteiger charge is 2.13. The fraction of sp³-hybridized carbons (Fsp3) is 0.118. The summed E-state index contributed by atoms with van der Waals surface area (Å²) < 4.78 is 0. The first-order chi connectivity index (χ1) is 11.6. The maximum absolute atomic E-state index is 12.3. The number of H-pyrrole nitrogens is 1. The van der Waals surface area contributed by atoms with Crippen molar-refractivity contribution in [3.05, 3.63) is 64.1 Å². The maximum atomic E-state index is 12.3. The molecule has 1 heterocycles. The van der Waals surface area contributed by atoms with Crippen LogP contribution in [0.25, 0.3) is 10.8 Å². The number of carbonyl (C=O) groups excluding carboxylic acids is 1. The number of amides is 1. The summed E-state index contributed by atoms with van der Waals surface area (Å²) in [6.07, 6.45) is 0.473. The number of aromatic hydroxyl groups is 2. The van der Waals surface area contributed by atoms with Crippen LogP contribution in [0.3, 0.4) is 0 Å². The summed E-state index contributed by atoms with van der Waals surface area (Å²) in [6, 6.07) is 11.2. The number of aromatic amines is 1. The van der Waals surface area contributed by atoms with Crippen LogP contribution in [0.15, 0.2) is 47.3 Å². The minimum Gasteiger partial charge on any atom is -0.504 e. The zero-order valence-electron chi connectivity index (χ0n) is 12.6. The Morgan fingerprint density at radius 3 is 2.58 bits per heavy atom. The summed E-state index contributed by atoms with van der Waals surface area (Å²) in [5.41, 5.74) is 0.574. The summed E-state index contributed by atoms with van der Waals surface area (Å²) >= 11 is 0. The van der Waals surface area contributed by atoms with Crippen LogP contribution < -0.4 is 10.9 Å². The van der Waals surface area contributed by atoms with Crippen molar-refractivity contribution in [1.82, 2.24) is 15.5 Å². The molecule has 0 fully saturated rings. The predicted octanol–water partition coefficient (Wildman–Crippen LogP) is 1.31. The number of aromatic nitrogens is 2. The lowest BCUT2D eigenvalue weighted by molar-refractivity contribution is 0.0950. The van der Waals surface area contributed by atoms with Crippen LogP contribution in [0.5, 0.6) is 11.5 Å². The molecule has 0 saturated carbocycles. The van der Waals surface area contributed by atoms with E-state index in [2.05, 4.69) is 15.5 Å². The highest BCUT2D eigenvalue weighted by atomic mass is 16.3. The first-order valence-electron chi connectivity index (χ1n) is 7.33. The fourth-order valence-corrected chi connectivity index (χ4v) is 2.42. The van der Waals surface area contributed by atoms with Gasteiger partial charge in [-0.05, 0) is 30.2 Å². The summed E-state index contributed by atoms with van der Waals surface area (Å²) in [7, 11) is 0. The van der Waals surface area contributed by atoms with Crippen LogP contribution in [0.4, 0.5) is 0 Å². The molecular weight excluding hydrogens is 310 g/mol. The molecule has 7 heteroatoms. The van der Waals surface area contributed by atoms with Crippen LogP contribution in [-0.2, 0) is 6.42 Å². The van der Waals surface area contributed by atoms with Crippen molar-refractivity contribution in [1.29, 1.82) is 0 Å². The van der Waals surface area contributed by atoms with Crippen LogP contribution >= 0.6 is 0 Å². The Morgan fingerprint density at radius 1 is 1.08 bits per heavy atom. The van der Waals surface area contributed by atoms with Crippen molar-refractivity contribution in [3.63, 3.8) is 0 Å². The van der Waals surface area contributed by atoms with E-state index in [1.807, 2.05) is 0 Å². The Kier molecular flexibility index (Phi) is 4.15. The molecule has 0 bridgehead atoms.